The third-order valence-electron chi connectivity index (χ3n) is 2.94. The Morgan fingerprint density at radius 1 is 1.00 bits per heavy atom. The summed E-state index contributed by atoms with van der Waals surface area (Å²) in [6, 6.07) is 1.97. The summed E-state index contributed by atoms with van der Waals surface area (Å²) in [6.45, 7) is 4.34. The molecule has 0 aliphatic rings. The Bertz CT molecular complexity index is 174. The molecule has 0 saturated heterocycles. The van der Waals surface area contributed by atoms with Gasteiger partial charge < -0.3 is 5.11 Å². The van der Waals surface area contributed by atoms with Crippen LogP contribution >= 0.6 is 0 Å². The molecule has 0 spiro atoms. The third kappa shape index (κ3) is 7.39. The Morgan fingerprint density at radius 2 is 1.60 bits per heavy atom. The highest BCUT2D eigenvalue weighted by atomic mass is 16.3. The van der Waals surface area contributed by atoms with Gasteiger partial charge >= 0.3 is 0 Å². The largest absolute Gasteiger partial charge is 0.378 e. The summed E-state index contributed by atoms with van der Waals surface area (Å²) >= 11 is 0. The van der Waals surface area contributed by atoms with Gasteiger partial charge in [0.05, 0.1) is 6.07 Å². The first-order valence-corrected chi connectivity index (χ1v) is 6.33. The summed E-state index contributed by atoms with van der Waals surface area (Å²) in [4.78, 5) is 0. The number of hydrogen-bond donors (Lipinski definition) is 1. The first-order chi connectivity index (χ1) is 7.26. The monoisotopic (exact) mass is 211 g/mol. The Morgan fingerprint density at radius 3 is 2.13 bits per heavy atom. The van der Waals surface area contributed by atoms with E-state index < -0.39 is 6.10 Å². The van der Waals surface area contributed by atoms with Crippen molar-refractivity contribution in [2.24, 2.45) is 5.92 Å². The lowest BCUT2D eigenvalue weighted by Crippen LogP contribution is -2.18. The van der Waals surface area contributed by atoms with Crippen molar-refractivity contribution in [1.29, 1.82) is 5.26 Å². The maximum absolute atomic E-state index is 9.54. The zero-order valence-corrected chi connectivity index (χ0v) is 10.2. The van der Waals surface area contributed by atoms with E-state index in [4.69, 9.17) is 5.26 Å². The highest BCUT2D eigenvalue weighted by molar-refractivity contribution is 4.87. The van der Waals surface area contributed by atoms with Crippen LogP contribution in [0.4, 0.5) is 0 Å². The lowest BCUT2D eigenvalue weighted by atomic mass is 9.91. The number of aliphatic hydroxyl groups is 1. The molecule has 0 aromatic rings. The molecular weight excluding hydrogens is 186 g/mol. The SMILES string of the molecule is CCCCCC[C@H](CCCC)C(O)C#N. The summed E-state index contributed by atoms with van der Waals surface area (Å²) in [7, 11) is 0. The van der Waals surface area contributed by atoms with Crippen LogP contribution in [0.2, 0.25) is 0 Å². The molecule has 0 saturated carbocycles. The number of unbranched alkanes of at least 4 members (excludes halogenated alkanes) is 4. The Balaban J connectivity index is 3.75. The quantitative estimate of drug-likeness (QED) is 0.467. The predicted octanol–water partition coefficient (Wildman–Crippen LogP) is 3.65. The van der Waals surface area contributed by atoms with Gasteiger partial charge in [0, 0.05) is 0 Å². The van der Waals surface area contributed by atoms with Crippen molar-refractivity contribution in [3.8, 4) is 6.07 Å². The summed E-state index contributed by atoms with van der Waals surface area (Å²) in [5.74, 6) is 0.201. The molecule has 2 nitrogen and oxygen atoms in total. The molecule has 88 valence electrons. The van der Waals surface area contributed by atoms with Gasteiger partial charge in [0.15, 0.2) is 0 Å². The van der Waals surface area contributed by atoms with Crippen LogP contribution in [0.3, 0.4) is 0 Å². The van der Waals surface area contributed by atoms with Gasteiger partial charge in [-0.2, -0.15) is 5.26 Å². The van der Waals surface area contributed by atoms with Crippen molar-refractivity contribution in [2.75, 3.05) is 0 Å². The molecular formula is C13H25NO. The normalized spacial score (nSPS) is 14.5. The molecule has 1 N–H and O–H groups in total. The second-order valence-electron chi connectivity index (χ2n) is 4.33. The van der Waals surface area contributed by atoms with E-state index in [0.29, 0.717) is 0 Å². The summed E-state index contributed by atoms with van der Waals surface area (Å²) in [6.07, 6.45) is 8.41. The minimum Gasteiger partial charge on any atom is -0.378 e. The van der Waals surface area contributed by atoms with E-state index in [9.17, 15) is 5.11 Å². The molecule has 0 fully saturated rings. The molecule has 2 heteroatoms. The lowest BCUT2D eigenvalue weighted by molar-refractivity contribution is 0.142. The predicted molar refractivity (Wildman–Crippen MR) is 63.4 cm³/mol. The second-order valence-corrected chi connectivity index (χ2v) is 4.33. The van der Waals surface area contributed by atoms with Crippen LogP contribution in [0, 0.1) is 17.2 Å². The standard InChI is InChI=1S/C13H25NO/c1-3-5-7-8-10-12(9-6-4-2)13(15)11-14/h12-13,15H,3-10H2,1-2H3/t12-,13?/m0/s1. The van der Waals surface area contributed by atoms with Crippen LogP contribution in [0.25, 0.3) is 0 Å². The molecule has 0 aromatic carbocycles. The first-order valence-electron chi connectivity index (χ1n) is 6.33. The van der Waals surface area contributed by atoms with Crippen molar-refractivity contribution in [3.05, 3.63) is 0 Å². The Labute approximate surface area is 94.3 Å². The Kier molecular flexibility index (Phi) is 9.62. The van der Waals surface area contributed by atoms with Crippen molar-refractivity contribution in [1.82, 2.24) is 0 Å². The minimum absolute atomic E-state index is 0.201. The molecule has 2 atom stereocenters. The van der Waals surface area contributed by atoms with Crippen LogP contribution in [0.1, 0.15) is 65.2 Å². The van der Waals surface area contributed by atoms with Crippen LogP contribution in [-0.2, 0) is 0 Å². The fourth-order valence-electron chi connectivity index (χ4n) is 1.87. The van der Waals surface area contributed by atoms with Crippen molar-refractivity contribution < 1.29 is 5.11 Å². The molecule has 15 heavy (non-hydrogen) atoms. The number of hydrogen-bond acceptors (Lipinski definition) is 2. The molecule has 0 aromatic heterocycles. The zero-order chi connectivity index (χ0) is 11.5. The maximum Gasteiger partial charge on any atom is 0.143 e. The summed E-state index contributed by atoms with van der Waals surface area (Å²) in [5.41, 5.74) is 0. The molecule has 1 unspecified atom stereocenters. The minimum atomic E-state index is -0.752. The molecule has 0 amide bonds. The van der Waals surface area contributed by atoms with Gasteiger partial charge in [0.1, 0.15) is 6.10 Å². The van der Waals surface area contributed by atoms with E-state index in [1.807, 2.05) is 6.07 Å². The van der Waals surface area contributed by atoms with Gasteiger partial charge in [-0.25, -0.2) is 0 Å². The van der Waals surface area contributed by atoms with E-state index in [-0.39, 0.29) is 5.92 Å². The van der Waals surface area contributed by atoms with Gasteiger partial charge in [-0.1, -0.05) is 52.4 Å². The van der Waals surface area contributed by atoms with E-state index in [2.05, 4.69) is 13.8 Å². The van der Waals surface area contributed by atoms with Gasteiger partial charge in [-0.3, -0.25) is 0 Å². The second kappa shape index (κ2) is 9.98. The van der Waals surface area contributed by atoms with E-state index in [0.717, 1.165) is 32.1 Å². The molecule has 0 aliphatic heterocycles. The average molecular weight is 211 g/mol. The van der Waals surface area contributed by atoms with Gasteiger partial charge in [-0.15, -0.1) is 0 Å². The Hall–Kier alpha value is -0.550. The van der Waals surface area contributed by atoms with E-state index >= 15 is 0 Å². The molecule has 0 heterocycles. The zero-order valence-electron chi connectivity index (χ0n) is 10.2. The molecule has 0 radical (unpaired) electrons. The van der Waals surface area contributed by atoms with Crippen molar-refractivity contribution >= 4 is 0 Å². The smallest absolute Gasteiger partial charge is 0.143 e. The van der Waals surface area contributed by atoms with Gasteiger partial charge in [0.25, 0.3) is 0 Å². The van der Waals surface area contributed by atoms with Crippen LogP contribution < -0.4 is 0 Å². The third-order valence-corrected chi connectivity index (χ3v) is 2.94. The maximum atomic E-state index is 9.54. The van der Waals surface area contributed by atoms with E-state index in [1.54, 1.807) is 0 Å². The molecule has 0 bridgehead atoms. The summed E-state index contributed by atoms with van der Waals surface area (Å²) in [5, 5.41) is 18.2. The number of nitriles is 1. The van der Waals surface area contributed by atoms with Crippen molar-refractivity contribution in [2.45, 2.75) is 71.3 Å². The number of nitrogens with zero attached hydrogens (tertiary/aromatic N) is 1. The highest BCUT2D eigenvalue weighted by Gasteiger charge is 2.17. The first kappa shape index (κ1) is 14.5. The molecule has 0 rings (SSSR count). The number of rotatable bonds is 9. The van der Waals surface area contributed by atoms with Gasteiger partial charge in [0.2, 0.25) is 0 Å². The van der Waals surface area contributed by atoms with Crippen LogP contribution in [-0.4, -0.2) is 11.2 Å². The fraction of sp³-hybridized carbons (Fsp3) is 0.923. The number of aliphatic hydroxyl groups excluding tert-OH is 1. The van der Waals surface area contributed by atoms with Gasteiger partial charge in [-0.05, 0) is 18.8 Å². The van der Waals surface area contributed by atoms with E-state index in [1.165, 1.54) is 19.3 Å². The lowest BCUT2D eigenvalue weighted by Gasteiger charge is -2.17. The van der Waals surface area contributed by atoms with Crippen molar-refractivity contribution in [3.63, 3.8) is 0 Å². The topological polar surface area (TPSA) is 44.0 Å². The fourth-order valence-corrected chi connectivity index (χ4v) is 1.87. The summed E-state index contributed by atoms with van der Waals surface area (Å²) < 4.78 is 0. The highest BCUT2D eigenvalue weighted by Crippen LogP contribution is 2.20. The average Bonchev–Trinajstić information content (AvgIpc) is 2.27. The van der Waals surface area contributed by atoms with Crippen LogP contribution in [0.5, 0.6) is 0 Å². The van der Waals surface area contributed by atoms with Crippen LogP contribution in [0.15, 0.2) is 0 Å². The molecule has 0 aliphatic carbocycles.